The van der Waals surface area contributed by atoms with E-state index in [-0.39, 0.29) is 0 Å². The first-order chi connectivity index (χ1) is 7.10. The van der Waals surface area contributed by atoms with E-state index in [1.54, 1.807) is 0 Å². The van der Waals surface area contributed by atoms with Crippen LogP contribution in [-0.4, -0.2) is 33.7 Å². The van der Waals surface area contributed by atoms with Gasteiger partial charge in [0.1, 0.15) is 0 Å². The maximum Gasteiger partial charge on any atom is 0.0923 e. The first-order valence-electron chi connectivity index (χ1n) is 5.45. The lowest BCUT2D eigenvalue weighted by molar-refractivity contribution is -0.131. The van der Waals surface area contributed by atoms with Gasteiger partial charge < -0.3 is 5.11 Å². The summed E-state index contributed by atoms with van der Waals surface area (Å²) < 4.78 is 0. The van der Waals surface area contributed by atoms with Gasteiger partial charge in [0.15, 0.2) is 0 Å². The largest absolute Gasteiger partial charge is 0.387 e. The zero-order valence-electron chi connectivity index (χ0n) is 9.35. The molecular weight excluding hydrogens is 188 g/mol. The maximum absolute atomic E-state index is 10.1. The van der Waals surface area contributed by atoms with Crippen LogP contribution >= 0.6 is 0 Å². The minimum atomic E-state index is -0.477. The maximum atomic E-state index is 10.1. The summed E-state index contributed by atoms with van der Waals surface area (Å²) in [7, 11) is 0. The molecule has 0 radical (unpaired) electrons. The Morgan fingerprint density at radius 3 is 2.73 bits per heavy atom. The Bertz CT molecular complexity index is 318. The van der Waals surface area contributed by atoms with Crippen molar-refractivity contribution in [1.29, 1.82) is 0 Å². The van der Waals surface area contributed by atoms with Crippen molar-refractivity contribution >= 4 is 0 Å². The number of β-amino-alcohol motifs (C(OH)–C–C–N with tert-alkyl or cyclic N) is 1. The normalized spacial score (nSPS) is 20.3. The van der Waals surface area contributed by atoms with Gasteiger partial charge in [0.05, 0.1) is 11.3 Å². The van der Waals surface area contributed by atoms with Crippen molar-refractivity contribution in [3.8, 4) is 0 Å². The lowest BCUT2D eigenvalue weighted by Gasteiger charge is -2.49. The third-order valence-electron chi connectivity index (χ3n) is 3.18. The first kappa shape index (κ1) is 10.6. The SMILES string of the molecule is CC(C)C1(O)CN(Cc2ccccn2)C1. The van der Waals surface area contributed by atoms with Crippen molar-refractivity contribution in [3.05, 3.63) is 30.1 Å². The second-order valence-corrected chi connectivity index (χ2v) is 4.72. The number of hydrogen-bond donors (Lipinski definition) is 1. The minimum Gasteiger partial charge on any atom is -0.387 e. The molecular formula is C12H18N2O. The quantitative estimate of drug-likeness (QED) is 0.809. The molecule has 0 aliphatic carbocycles. The summed E-state index contributed by atoms with van der Waals surface area (Å²) >= 11 is 0. The van der Waals surface area contributed by atoms with Crippen molar-refractivity contribution in [3.63, 3.8) is 0 Å². The van der Waals surface area contributed by atoms with E-state index in [0.717, 1.165) is 25.3 Å². The third-order valence-corrected chi connectivity index (χ3v) is 3.18. The Morgan fingerprint density at radius 1 is 1.47 bits per heavy atom. The molecule has 1 N–H and O–H groups in total. The van der Waals surface area contributed by atoms with Gasteiger partial charge in [0.2, 0.25) is 0 Å². The van der Waals surface area contributed by atoms with Gasteiger partial charge >= 0.3 is 0 Å². The molecule has 2 rings (SSSR count). The number of pyridine rings is 1. The fourth-order valence-corrected chi connectivity index (χ4v) is 1.93. The molecule has 0 atom stereocenters. The van der Waals surface area contributed by atoms with Gasteiger partial charge in [0, 0.05) is 25.8 Å². The monoisotopic (exact) mass is 206 g/mol. The topological polar surface area (TPSA) is 36.4 Å². The highest BCUT2D eigenvalue weighted by atomic mass is 16.3. The van der Waals surface area contributed by atoms with Crippen LogP contribution in [0.15, 0.2) is 24.4 Å². The summed E-state index contributed by atoms with van der Waals surface area (Å²) in [6.45, 7) is 6.51. The molecule has 0 saturated carbocycles. The van der Waals surface area contributed by atoms with E-state index in [0.29, 0.717) is 5.92 Å². The molecule has 1 fully saturated rings. The second-order valence-electron chi connectivity index (χ2n) is 4.72. The predicted octanol–water partition coefficient (Wildman–Crippen LogP) is 1.28. The molecule has 3 nitrogen and oxygen atoms in total. The van der Waals surface area contributed by atoms with Gasteiger partial charge in [-0.2, -0.15) is 0 Å². The zero-order chi connectivity index (χ0) is 10.9. The van der Waals surface area contributed by atoms with Crippen LogP contribution in [-0.2, 0) is 6.54 Å². The molecule has 15 heavy (non-hydrogen) atoms. The number of hydrogen-bond acceptors (Lipinski definition) is 3. The van der Waals surface area contributed by atoms with E-state index >= 15 is 0 Å². The second kappa shape index (κ2) is 3.91. The molecule has 1 saturated heterocycles. The number of likely N-dealkylation sites (tertiary alicyclic amines) is 1. The van der Waals surface area contributed by atoms with E-state index in [9.17, 15) is 5.11 Å². The van der Waals surface area contributed by atoms with Crippen LogP contribution in [0.4, 0.5) is 0 Å². The molecule has 1 aliphatic heterocycles. The summed E-state index contributed by atoms with van der Waals surface area (Å²) in [5.74, 6) is 0.331. The fourth-order valence-electron chi connectivity index (χ4n) is 1.93. The van der Waals surface area contributed by atoms with Crippen LogP contribution in [0.3, 0.4) is 0 Å². The lowest BCUT2D eigenvalue weighted by Crippen LogP contribution is -2.63. The van der Waals surface area contributed by atoms with E-state index in [2.05, 4.69) is 23.7 Å². The Kier molecular flexibility index (Phi) is 2.76. The Morgan fingerprint density at radius 2 is 2.20 bits per heavy atom. The standard InChI is InChI=1S/C12H18N2O/c1-10(2)12(15)8-14(9-12)7-11-5-3-4-6-13-11/h3-6,10,15H,7-9H2,1-2H3. The molecule has 0 bridgehead atoms. The van der Waals surface area contributed by atoms with Crippen molar-refractivity contribution < 1.29 is 5.11 Å². The Balaban J connectivity index is 1.86. The zero-order valence-corrected chi connectivity index (χ0v) is 9.35. The molecule has 2 heterocycles. The van der Waals surface area contributed by atoms with Crippen LogP contribution in [0.5, 0.6) is 0 Å². The molecule has 0 aromatic carbocycles. The summed E-state index contributed by atoms with van der Waals surface area (Å²) in [6, 6.07) is 5.94. The number of rotatable bonds is 3. The van der Waals surface area contributed by atoms with Crippen LogP contribution in [0, 0.1) is 5.92 Å². The first-order valence-corrected chi connectivity index (χ1v) is 5.45. The predicted molar refractivity (Wildman–Crippen MR) is 59.3 cm³/mol. The van der Waals surface area contributed by atoms with Gasteiger partial charge in [-0.1, -0.05) is 19.9 Å². The van der Waals surface area contributed by atoms with Crippen LogP contribution in [0.2, 0.25) is 0 Å². The number of nitrogens with zero attached hydrogens (tertiary/aromatic N) is 2. The number of aromatic nitrogens is 1. The Labute approximate surface area is 90.8 Å². The fraction of sp³-hybridized carbons (Fsp3) is 0.583. The van der Waals surface area contributed by atoms with E-state index in [1.807, 2.05) is 24.4 Å². The molecule has 3 heteroatoms. The van der Waals surface area contributed by atoms with Crippen molar-refractivity contribution in [2.45, 2.75) is 26.0 Å². The molecule has 0 amide bonds. The summed E-state index contributed by atoms with van der Waals surface area (Å²) in [6.07, 6.45) is 1.81. The smallest absolute Gasteiger partial charge is 0.0923 e. The molecule has 0 spiro atoms. The van der Waals surface area contributed by atoms with E-state index in [1.165, 1.54) is 0 Å². The van der Waals surface area contributed by atoms with Crippen LogP contribution in [0.1, 0.15) is 19.5 Å². The lowest BCUT2D eigenvalue weighted by atomic mass is 9.83. The molecule has 1 aliphatic rings. The average Bonchev–Trinajstić information content (AvgIpc) is 2.16. The average molecular weight is 206 g/mol. The van der Waals surface area contributed by atoms with Gasteiger partial charge in [-0.3, -0.25) is 9.88 Å². The highest BCUT2D eigenvalue weighted by Gasteiger charge is 2.43. The summed E-state index contributed by atoms with van der Waals surface area (Å²) in [4.78, 5) is 6.49. The number of aliphatic hydroxyl groups is 1. The van der Waals surface area contributed by atoms with Crippen molar-refractivity contribution in [2.75, 3.05) is 13.1 Å². The van der Waals surface area contributed by atoms with Gasteiger partial charge in [0.25, 0.3) is 0 Å². The van der Waals surface area contributed by atoms with E-state index < -0.39 is 5.60 Å². The van der Waals surface area contributed by atoms with Gasteiger partial charge in [-0.05, 0) is 18.1 Å². The van der Waals surface area contributed by atoms with Crippen LogP contribution in [0.25, 0.3) is 0 Å². The van der Waals surface area contributed by atoms with Crippen LogP contribution < -0.4 is 0 Å². The molecule has 1 aromatic rings. The van der Waals surface area contributed by atoms with E-state index in [4.69, 9.17) is 0 Å². The minimum absolute atomic E-state index is 0.331. The van der Waals surface area contributed by atoms with Gasteiger partial charge in [-0.15, -0.1) is 0 Å². The Hall–Kier alpha value is -0.930. The summed E-state index contributed by atoms with van der Waals surface area (Å²) in [5.41, 5.74) is 0.595. The third kappa shape index (κ3) is 2.19. The molecule has 1 aromatic heterocycles. The summed E-state index contributed by atoms with van der Waals surface area (Å²) in [5, 5.41) is 10.1. The highest BCUT2D eigenvalue weighted by Crippen LogP contribution is 2.29. The van der Waals surface area contributed by atoms with Crippen molar-refractivity contribution in [2.24, 2.45) is 5.92 Å². The molecule has 0 unspecified atom stereocenters. The molecule has 82 valence electrons. The van der Waals surface area contributed by atoms with Gasteiger partial charge in [-0.25, -0.2) is 0 Å². The highest BCUT2D eigenvalue weighted by molar-refractivity contribution is 5.06. The van der Waals surface area contributed by atoms with Crippen molar-refractivity contribution in [1.82, 2.24) is 9.88 Å².